The fourth-order valence-electron chi connectivity index (χ4n) is 7.13. The summed E-state index contributed by atoms with van der Waals surface area (Å²) in [6.07, 6.45) is 7.21. The standard InChI is InChI=1S/C36H40N6O4/c1-4-33(43)42-18-17-41(22-26(42)14-15-37)35-30-13-12-25(20-32(30)38-36(39-35)45-23-27-10-8-16-40(27)3)31-21-28(46-34(44)5-2)19-24-9-6-7-11-29(24)31/h4-7,9,11,19,21,25-27H,1-2,8,10,12-14,16-18,20,22-23H2,3H3. The van der Waals surface area contributed by atoms with E-state index in [1.807, 2.05) is 30.3 Å². The number of amides is 1. The van der Waals surface area contributed by atoms with Crippen molar-refractivity contribution < 1.29 is 19.1 Å². The monoisotopic (exact) mass is 620 g/mol. The Hall–Kier alpha value is -4.75. The van der Waals surface area contributed by atoms with Gasteiger partial charge in [-0.25, -0.2) is 4.79 Å². The molecule has 1 amide bonds. The van der Waals surface area contributed by atoms with Crippen LogP contribution in [0.2, 0.25) is 0 Å². The highest BCUT2D eigenvalue weighted by Crippen LogP contribution is 2.41. The maximum Gasteiger partial charge on any atom is 0.335 e. The summed E-state index contributed by atoms with van der Waals surface area (Å²) in [5.41, 5.74) is 3.13. The van der Waals surface area contributed by atoms with E-state index in [0.717, 1.165) is 65.6 Å². The normalized spacial score (nSPS) is 21.3. The number of nitriles is 1. The summed E-state index contributed by atoms with van der Waals surface area (Å²) in [7, 11) is 2.12. The Balaban J connectivity index is 1.35. The van der Waals surface area contributed by atoms with Crippen molar-refractivity contribution in [2.24, 2.45) is 0 Å². The lowest BCUT2D eigenvalue weighted by molar-refractivity contribution is -0.129. The van der Waals surface area contributed by atoms with E-state index in [0.29, 0.717) is 50.5 Å². The van der Waals surface area contributed by atoms with Crippen LogP contribution in [0.4, 0.5) is 5.82 Å². The van der Waals surface area contributed by atoms with Gasteiger partial charge in [-0.1, -0.05) is 37.4 Å². The lowest BCUT2D eigenvalue weighted by Gasteiger charge is -2.42. The molecule has 0 radical (unpaired) electrons. The van der Waals surface area contributed by atoms with Crippen LogP contribution in [0.3, 0.4) is 0 Å². The minimum absolute atomic E-state index is 0.129. The first-order chi connectivity index (χ1) is 22.4. The van der Waals surface area contributed by atoms with Gasteiger partial charge in [0.05, 0.1) is 24.2 Å². The Morgan fingerprint density at radius 1 is 1.09 bits per heavy atom. The third-order valence-electron chi connectivity index (χ3n) is 9.57. The second kappa shape index (κ2) is 13.7. The Bertz CT molecular complexity index is 1700. The topological polar surface area (TPSA) is 112 Å². The smallest absolute Gasteiger partial charge is 0.335 e. The molecule has 0 spiro atoms. The number of hydrogen-bond acceptors (Lipinski definition) is 9. The van der Waals surface area contributed by atoms with Crippen LogP contribution in [-0.2, 0) is 22.4 Å². The second-order valence-corrected chi connectivity index (χ2v) is 12.3. The molecule has 2 aromatic carbocycles. The van der Waals surface area contributed by atoms with E-state index in [1.54, 1.807) is 4.90 Å². The second-order valence-electron chi connectivity index (χ2n) is 12.3. The van der Waals surface area contributed by atoms with Crippen molar-refractivity contribution in [1.82, 2.24) is 19.8 Å². The number of benzene rings is 2. The number of hydrogen-bond donors (Lipinski definition) is 0. The van der Waals surface area contributed by atoms with Gasteiger partial charge in [0, 0.05) is 37.3 Å². The molecule has 3 atom stereocenters. The van der Waals surface area contributed by atoms with Gasteiger partial charge in [0.25, 0.3) is 0 Å². The number of aromatic nitrogens is 2. The third-order valence-corrected chi connectivity index (χ3v) is 9.57. The molecule has 0 bridgehead atoms. The van der Waals surface area contributed by atoms with E-state index in [-0.39, 0.29) is 24.3 Å². The Labute approximate surface area is 269 Å². The van der Waals surface area contributed by atoms with Crippen LogP contribution in [0, 0.1) is 11.3 Å². The number of piperazine rings is 1. The van der Waals surface area contributed by atoms with E-state index >= 15 is 0 Å². The molecule has 6 rings (SSSR count). The molecule has 2 fully saturated rings. The van der Waals surface area contributed by atoms with Crippen molar-refractivity contribution in [2.75, 3.05) is 44.7 Å². The highest BCUT2D eigenvalue weighted by molar-refractivity contribution is 5.90. The molecule has 0 saturated carbocycles. The molecule has 1 aromatic heterocycles. The maximum atomic E-state index is 12.6. The number of likely N-dealkylation sites (tertiary alicyclic amines) is 1. The first kappa shape index (κ1) is 31.2. The number of esters is 1. The van der Waals surface area contributed by atoms with Crippen LogP contribution in [-0.4, -0.2) is 83.6 Å². The van der Waals surface area contributed by atoms with Gasteiger partial charge in [-0.3, -0.25) is 4.79 Å². The first-order valence-electron chi connectivity index (χ1n) is 16.0. The molecule has 46 heavy (non-hydrogen) atoms. The molecule has 3 aliphatic rings. The molecule has 3 aromatic rings. The summed E-state index contributed by atoms with van der Waals surface area (Å²) >= 11 is 0. The highest BCUT2D eigenvalue weighted by atomic mass is 16.5. The van der Waals surface area contributed by atoms with Crippen molar-refractivity contribution in [3.63, 3.8) is 0 Å². The van der Waals surface area contributed by atoms with Crippen LogP contribution in [0.15, 0.2) is 61.7 Å². The molecule has 10 nitrogen and oxygen atoms in total. The molecule has 238 valence electrons. The Kier molecular flexibility index (Phi) is 9.31. The van der Waals surface area contributed by atoms with Gasteiger partial charge in [-0.15, -0.1) is 0 Å². The molecular formula is C36H40N6O4. The number of carbonyl (C=O) groups is 2. The molecule has 2 saturated heterocycles. The Morgan fingerprint density at radius 3 is 2.70 bits per heavy atom. The zero-order valence-electron chi connectivity index (χ0n) is 26.4. The lowest BCUT2D eigenvalue weighted by atomic mass is 9.80. The fourth-order valence-corrected chi connectivity index (χ4v) is 7.13. The number of rotatable bonds is 9. The van der Waals surface area contributed by atoms with E-state index in [1.165, 1.54) is 12.2 Å². The van der Waals surface area contributed by atoms with E-state index in [2.05, 4.69) is 42.1 Å². The summed E-state index contributed by atoms with van der Waals surface area (Å²) < 4.78 is 11.9. The van der Waals surface area contributed by atoms with Crippen LogP contribution < -0.4 is 14.4 Å². The van der Waals surface area contributed by atoms with Crippen LogP contribution in [0.5, 0.6) is 11.8 Å². The lowest BCUT2D eigenvalue weighted by Crippen LogP contribution is -2.55. The van der Waals surface area contributed by atoms with E-state index in [9.17, 15) is 14.9 Å². The van der Waals surface area contributed by atoms with Crippen LogP contribution >= 0.6 is 0 Å². The van der Waals surface area contributed by atoms with E-state index in [4.69, 9.17) is 19.4 Å². The van der Waals surface area contributed by atoms with Crippen LogP contribution in [0.1, 0.15) is 48.4 Å². The summed E-state index contributed by atoms with van der Waals surface area (Å²) in [6.45, 7) is 10.3. The average Bonchev–Trinajstić information content (AvgIpc) is 3.50. The fraction of sp³-hybridized carbons (Fsp3) is 0.417. The summed E-state index contributed by atoms with van der Waals surface area (Å²) in [6, 6.07) is 14.7. The number of nitrogens with zero attached hydrogens (tertiary/aromatic N) is 6. The SMILES string of the molecule is C=CC(=O)Oc1cc(C2CCc3c(nc(OCC4CCCN4C)nc3N3CCN(C(=O)C=C)C(CC#N)C3)C2)c2ccccc2c1. The molecular weight excluding hydrogens is 580 g/mol. The summed E-state index contributed by atoms with van der Waals surface area (Å²) in [5, 5.41) is 11.7. The predicted molar refractivity (Wildman–Crippen MR) is 176 cm³/mol. The minimum Gasteiger partial charge on any atom is -0.462 e. The predicted octanol–water partition coefficient (Wildman–Crippen LogP) is 4.58. The van der Waals surface area contributed by atoms with Gasteiger partial charge >= 0.3 is 12.0 Å². The zero-order valence-corrected chi connectivity index (χ0v) is 26.4. The quantitative estimate of drug-likeness (QED) is 0.193. The molecule has 10 heteroatoms. The highest BCUT2D eigenvalue weighted by Gasteiger charge is 2.34. The van der Waals surface area contributed by atoms with Crippen molar-refractivity contribution >= 4 is 28.5 Å². The van der Waals surface area contributed by atoms with Gasteiger partial charge in [0.1, 0.15) is 18.2 Å². The van der Waals surface area contributed by atoms with E-state index < -0.39 is 5.97 Å². The maximum absolute atomic E-state index is 12.6. The molecule has 3 heterocycles. The Morgan fingerprint density at radius 2 is 1.93 bits per heavy atom. The molecule has 1 aliphatic carbocycles. The minimum atomic E-state index is -0.494. The molecule has 3 unspecified atom stereocenters. The summed E-state index contributed by atoms with van der Waals surface area (Å²) in [5.74, 6) is 0.792. The zero-order chi connectivity index (χ0) is 32.2. The number of likely N-dealkylation sites (N-methyl/N-ethyl adjacent to an activating group) is 1. The van der Waals surface area contributed by atoms with Gasteiger partial charge in [0.2, 0.25) is 5.91 Å². The van der Waals surface area contributed by atoms with Crippen molar-refractivity contribution in [2.45, 2.75) is 56.5 Å². The van der Waals surface area contributed by atoms with Gasteiger partial charge in [-0.2, -0.15) is 15.2 Å². The largest absolute Gasteiger partial charge is 0.462 e. The number of ether oxygens (including phenoxy) is 2. The average molecular weight is 621 g/mol. The molecule has 2 aliphatic heterocycles. The van der Waals surface area contributed by atoms with Gasteiger partial charge < -0.3 is 24.2 Å². The number of fused-ring (bicyclic) bond motifs is 2. The van der Waals surface area contributed by atoms with Gasteiger partial charge in [0.15, 0.2) is 0 Å². The first-order valence-corrected chi connectivity index (χ1v) is 16.0. The number of anilines is 1. The van der Waals surface area contributed by atoms with Crippen molar-refractivity contribution in [1.29, 1.82) is 5.26 Å². The number of carbonyl (C=O) groups excluding carboxylic acids is 2. The third kappa shape index (κ3) is 6.46. The van der Waals surface area contributed by atoms with Gasteiger partial charge in [-0.05, 0) is 86.2 Å². The summed E-state index contributed by atoms with van der Waals surface area (Å²) in [4.78, 5) is 40.9. The molecule has 0 N–H and O–H groups in total. The van der Waals surface area contributed by atoms with Crippen LogP contribution in [0.25, 0.3) is 10.8 Å². The van der Waals surface area contributed by atoms with Crippen molar-refractivity contribution in [3.8, 4) is 17.8 Å². The van der Waals surface area contributed by atoms with Crippen molar-refractivity contribution in [3.05, 3.63) is 78.5 Å².